The summed E-state index contributed by atoms with van der Waals surface area (Å²) in [7, 11) is 1.52. The Hall–Kier alpha value is -2.68. The van der Waals surface area contributed by atoms with E-state index in [2.05, 4.69) is 11.4 Å². The topological polar surface area (TPSA) is 82.3 Å². The Bertz CT molecular complexity index is 737. The van der Waals surface area contributed by atoms with Gasteiger partial charge in [0.25, 0.3) is 5.91 Å². The van der Waals surface area contributed by atoms with Gasteiger partial charge in [-0.1, -0.05) is 36.4 Å². The number of carbonyl (C=O) groups is 1. The van der Waals surface area contributed by atoms with Crippen LogP contribution >= 0.6 is 0 Å². The highest BCUT2D eigenvalue weighted by molar-refractivity contribution is 6.01. The summed E-state index contributed by atoms with van der Waals surface area (Å²) in [5, 5.41) is 21.7. The lowest BCUT2D eigenvalue weighted by molar-refractivity contribution is 0.0588. The molecule has 0 saturated carbocycles. The van der Waals surface area contributed by atoms with Crippen LogP contribution in [0.1, 0.15) is 22.3 Å². The van der Waals surface area contributed by atoms with Crippen molar-refractivity contribution in [1.82, 2.24) is 5.32 Å². The molecule has 0 radical (unpaired) electrons. The molecule has 1 atom stereocenters. The minimum absolute atomic E-state index is 0.233. The minimum atomic E-state index is -0.607. The van der Waals surface area contributed by atoms with E-state index in [1.165, 1.54) is 7.11 Å². The normalized spacial score (nSPS) is 11.5. The van der Waals surface area contributed by atoms with E-state index in [0.29, 0.717) is 29.7 Å². The maximum Gasteiger partial charge on any atom is 0.251 e. The summed E-state index contributed by atoms with van der Waals surface area (Å²) in [6.07, 6.45) is -0.193. The van der Waals surface area contributed by atoms with E-state index in [0.717, 1.165) is 5.56 Å². The van der Waals surface area contributed by atoms with Crippen LogP contribution in [-0.2, 0) is 4.74 Å². The van der Waals surface area contributed by atoms with Gasteiger partial charge in [-0.15, -0.1) is 0 Å². The van der Waals surface area contributed by atoms with Crippen LogP contribution in [0, 0.1) is 11.3 Å². The Balaban J connectivity index is 2.17. The molecular formula is C19H20N2O3. The van der Waals surface area contributed by atoms with E-state index < -0.39 is 6.10 Å². The summed E-state index contributed by atoms with van der Waals surface area (Å²) < 4.78 is 4.85. The number of nitriles is 1. The average Bonchev–Trinajstić information content (AvgIpc) is 2.61. The highest BCUT2D eigenvalue weighted by Crippen LogP contribution is 2.26. The fraction of sp³-hybridized carbons (Fsp3) is 0.263. The van der Waals surface area contributed by atoms with Gasteiger partial charge in [-0.2, -0.15) is 5.26 Å². The Morgan fingerprint density at radius 3 is 2.58 bits per heavy atom. The second-order valence-corrected chi connectivity index (χ2v) is 5.36. The first-order valence-electron chi connectivity index (χ1n) is 7.71. The van der Waals surface area contributed by atoms with Crippen molar-refractivity contribution in [2.75, 3.05) is 20.3 Å². The van der Waals surface area contributed by atoms with Gasteiger partial charge in [0.1, 0.15) is 0 Å². The lowest BCUT2D eigenvalue weighted by atomic mass is 9.95. The number of methoxy groups -OCH3 is 1. The first-order chi connectivity index (χ1) is 11.7. The van der Waals surface area contributed by atoms with Gasteiger partial charge >= 0.3 is 0 Å². The lowest BCUT2D eigenvalue weighted by Gasteiger charge is -2.13. The van der Waals surface area contributed by atoms with Crippen LogP contribution < -0.4 is 5.32 Å². The predicted molar refractivity (Wildman–Crippen MR) is 91.4 cm³/mol. The average molecular weight is 324 g/mol. The molecule has 0 aliphatic rings. The van der Waals surface area contributed by atoms with Crippen molar-refractivity contribution in [1.29, 1.82) is 5.26 Å². The third-order valence-corrected chi connectivity index (χ3v) is 3.63. The number of carbonyl (C=O) groups excluding carboxylic acids is 1. The van der Waals surface area contributed by atoms with Crippen molar-refractivity contribution in [2.24, 2.45) is 0 Å². The largest absolute Gasteiger partial charge is 0.391 e. The fourth-order valence-electron chi connectivity index (χ4n) is 2.45. The standard InChI is InChI=1S/C19H20N2O3/c1-24-13-15(22)10-11-21-19(23)18-9-5-4-8-17(18)16-7-3-2-6-14(16)12-20/h2-9,15,22H,10-11,13H2,1H3,(H,21,23). The zero-order valence-corrected chi connectivity index (χ0v) is 13.5. The summed E-state index contributed by atoms with van der Waals surface area (Å²) in [5.41, 5.74) is 2.46. The maximum absolute atomic E-state index is 12.5. The van der Waals surface area contributed by atoms with Gasteiger partial charge in [0.2, 0.25) is 0 Å². The van der Waals surface area contributed by atoms with Gasteiger partial charge in [0.05, 0.1) is 24.3 Å². The zero-order valence-electron chi connectivity index (χ0n) is 13.5. The smallest absolute Gasteiger partial charge is 0.251 e. The van der Waals surface area contributed by atoms with E-state index in [-0.39, 0.29) is 12.5 Å². The summed E-state index contributed by atoms with van der Waals surface area (Å²) in [5.74, 6) is -0.233. The molecule has 2 aromatic carbocycles. The number of hydrogen-bond acceptors (Lipinski definition) is 4. The number of benzene rings is 2. The summed E-state index contributed by atoms with van der Waals surface area (Å²) in [4.78, 5) is 12.5. The first kappa shape index (κ1) is 17.7. The quantitative estimate of drug-likeness (QED) is 0.819. The van der Waals surface area contributed by atoms with Gasteiger partial charge in [0.15, 0.2) is 0 Å². The van der Waals surface area contributed by atoms with Gasteiger partial charge in [-0.3, -0.25) is 4.79 Å². The molecule has 0 aliphatic heterocycles. The number of rotatable bonds is 7. The monoisotopic (exact) mass is 324 g/mol. The minimum Gasteiger partial charge on any atom is -0.391 e. The number of hydrogen-bond donors (Lipinski definition) is 2. The SMILES string of the molecule is COCC(O)CCNC(=O)c1ccccc1-c1ccccc1C#N. The van der Waals surface area contributed by atoms with Gasteiger partial charge < -0.3 is 15.2 Å². The lowest BCUT2D eigenvalue weighted by Crippen LogP contribution is -2.28. The van der Waals surface area contributed by atoms with Crippen molar-refractivity contribution >= 4 is 5.91 Å². The van der Waals surface area contributed by atoms with E-state index in [9.17, 15) is 15.2 Å². The number of aliphatic hydroxyl groups excluding tert-OH is 1. The third kappa shape index (κ3) is 4.42. The molecule has 2 aromatic rings. The Labute approximate surface area is 141 Å². The molecule has 5 heteroatoms. The second kappa shape index (κ2) is 8.82. The van der Waals surface area contributed by atoms with Crippen molar-refractivity contribution in [3.63, 3.8) is 0 Å². The van der Waals surface area contributed by atoms with Crippen molar-refractivity contribution in [3.05, 3.63) is 59.7 Å². The molecule has 0 heterocycles. The summed E-state index contributed by atoms with van der Waals surface area (Å²) in [6, 6.07) is 16.5. The summed E-state index contributed by atoms with van der Waals surface area (Å²) in [6.45, 7) is 0.583. The molecule has 0 fully saturated rings. The van der Waals surface area contributed by atoms with Crippen LogP contribution in [0.2, 0.25) is 0 Å². The van der Waals surface area contributed by atoms with Crippen LogP contribution in [0.3, 0.4) is 0 Å². The number of amides is 1. The maximum atomic E-state index is 12.5. The molecular weight excluding hydrogens is 304 g/mol. The number of nitrogens with zero attached hydrogens (tertiary/aromatic N) is 1. The van der Waals surface area contributed by atoms with Crippen LogP contribution in [-0.4, -0.2) is 37.4 Å². The first-order valence-corrected chi connectivity index (χ1v) is 7.71. The zero-order chi connectivity index (χ0) is 17.4. The molecule has 0 aromatic heterocycles. The molecule has 2 rings (SSSR count). The molecule has 24 heavy (non-hydrogen) atoms. The van der Waals surface area contributed by atoms with E-state index in [1.807, 2.05) is 24.3 Å². The molecule has 0 bridgehead atoms. The molecule has 5 nitrogen and oxygen atoms in total. The highest BCUT2D eigenvalue weighted by Gasteiger charge is 2.14. The second-order valence-electron chi connectivity index (χ2n) is 5.36. The van der Waals surface area contributed by atoms with Crippen LogP contribution in [0.25, 0.3) is 11.1 Å². The van der Waals surface area contributed by atoms with Crippen LogP contribution in [0.5, 0.6) is 0 Å². The van der Waals surface area contributed by atoms with Crippen LogP contribution in [0.4, 0.5) is 0 Å². The fourth-order valence-corrected chi connectivity index (χ4v) is 2.45. The molecule has 0 aliphatic carbocycles. The Morgan fingerprint density at radius 2 is 1.88 bits per heavy atom. The molecule has 2 N–H and O–H groups in total. The van der Waals surface area contributed by atoms with Crippen molar-refractivity contribution < 1.29 is 14.6 Å². The van der Waals surface area contributed by atoms with E-state index in [4.69, 9.17) is 4.74 Å². The summed E-state index contributed by atoms with van der Waals surface area (Å²) >= 11 is 0. The molecule has 0 spiro atoms. The van der Waals surface area contributed by atoms with Gasteiger partial charge in [-0.25, -0.2) is 0 Å². The molecule has 124 valence electrons. The number of ether oxygens (including phenoxy) is 1. The van der Waals surface area contributed by atoms with Gasteiger partial charge in [-0.05, 0) is 24.1 Å². The third-order valence-electron chi connectivity index (χ3n) is 3.63. The van der Waals surface area contributed by atoms with Crippen molar-refractivity contribution in [3.8, 4) is 17.2 Å². The number of aliphatic hydroxyl groups is 1. The molecule has 1 amide bonds. The van der Waals surface area contributed by atoms with E-state index in [1.54, 1.807) is 24.3 Å². The Kier molecular flexibility index (Phi) is 6.50. The highest BCUT2D eigenvalue weighted by atomic mass is 16.5. The van der Waals surface area contributed by atoms with Crippen LogP contribution in [0.15, 0.2) is 48.5 Å². The number of nitrogens with one attached hydrogen (secondary N) is 1. The predicted octanol–water partition coefficient (Wildman–Crippen LogP) is 2.35. The van der Waals surface area contributed by atoms with E-state index >= 15 is 0 Å². The molecule has 1 unspecified atom stereocenters. The Morgan fingerprint density at radius 1 is 1.21 bits per heavy atom. The van der Waals surface area contributed by atoms with Crippen molar-refractivity contribution in [2.45, 2.75) is 12.5 Å². The molecule has 0 saturated heterocycles. The van der Waals surface area contributed by atoms with Gasteiger partial charge in [0, 0.05) is 24.8 Å².